The lowest BCUT2D eigenvalue weighted by Crippen LogP contribution is -2.50. The molecular formula is C18H11BrF7O2. The fourth-order valence-corrected chi connectivity index (χ4v) is 3.34. The van der Waals surface area contributed by atoms with E-state index in [1.54, 1.807) is 0 Å². The summed E-state index contributed by atoms with van der Waals surface area (Å²) in [4.78, 5) is 11.5. The quantitative estimate of drug-likeness (QED) is 0.387. The fraction of sp³-hybridized carbons (Fsp3) is 0.278. The zero-order valence-corrected chi connectivity index (χ0v) is 15.8. The maximum atomic E-state index is 14.7. The summed E-state index contributed by atoms with van der Waals surface area (Å²) in [5, 5.41) is 0. The molecule has 151 valence electrons. The van der Waals surface area contributed by atoms with Crippen molar-refractivity contribution in [2.24, 2.45) is 0 Å². The van der Waals surface area contributed by atoms with Gasteiger partial charge in [0.25, 0.3) is 0 Å². The molecule has 0 amide bonds. The Kier molecular flexibility index (Phi) is 5.85. The molecule has 2 nitrogen and oxygen atoms in total. The lowest BCUT2D eigenvalue weighted by Gasteiger charge is -2.32. The zero-order chi connectivity index (χ0) is 21.5. The predicted octanol–water partition coefficient (Wildman–Crippen LogP) is 6.30. The van der Waals surface area contributed by atoms with Gasteiger partial charge in [-0.25, -0.2) is 9.18 Å². The highest BCUT2D eigenvalue weighted by atomic mass is 79.9. The number of rotatable bonds is 3. The van der Waals surface area contributed by atoms with E-state index in [4.69, 9.17) is 0 Å². The van der Waals surface area contributed by atoms with Gasteiger partial charge in [0.05, 0.1) is 12.7 Å². The molecule has 0 unspecified atom stereocenters. The molecule has 0 saturated heterocycles. The van der Waals surface area contributed by atoms with Crippen LogP contribution in [0, 0.1) is 13.0 Å². The number of carbonyl (C=O) groups is 1. The fourth-order valence-electron chi connectivity index (χ4n) is 2.59. The largest absolute Gasteiger partial charge is 0.465 e. The number of hydrogen-bond donors (Lipinski definition) is 0. The Morgan fingerprint density at radius 1 is 1.00 bits per heavy atom. The molecule has 28 heavy (non-hydrogen) atoms. The Bertz CT molecular complexity index is 873. The second kappa shape index (κ2) is 7.38. The third-order valence-electron chi connectivity index (χ3n) is 3.90. The number of ether oxygens (including phenoxy) is 1. The lowest BCUT2D eigenvalue weighted by atomic mass is 9.85. The van der Waals surface area contributed by atoms with Crippen molar-refractivity contribution in [2.45, 2.75) is 24.9 Å². The van der Waals surface area contributed by atoms with Crippen LogP contribution < -0.4 is 0 Å². The van der Waals surface area contributed by atoms with Crippen LogP contribution in [0.4, 0.5) is 30.7 Å². The van der Waals surface area contributed by atoms with E-state index in [2.05, 4.69) is 26.7 Å². The van der Waals surface area contributed by atoms with Gasteiger partial charge in [0, 0.05) is 21.7 Å². The van der Waals surface area contributed by atoms with Crippen molar-refractivity contribution in [3.63, 3.8) is 0 Å². The number of halogens is 8. The summed E-state index contributed by atoms with van der Waals surface area (Å²) in [5.74, 6) is -0.758. The van der Waals surface area contributed by atoms with E-state index in [1.165, 1.54) is 6.92 Å². The van der Waals surface area contributed by atoms with Crippen LogP contribution in [0.2, 0.25) is 0 Å². The first kappa shape index (κ1) is 22.2. The zero-order valence-electron chi connectivity index (χ0n) is 14.2. The number of esters is 1. The average molecular weight is 472 g/mol. The van der Waals surface area contributed by atoms with Gasteiger partial charge in [0.1, 0.15) is 0 Å². The number of alkyl halides is 7. The number of hydrogen-bond acceptors (Lipinski definition) is 2. The van der Waals surface area contributed by atoms with Crippen LogP contribution in [0.5, 0.6) is 0 Å². The second-order valence-corrected chi connectivity index (χ2v) is 6.57. The molecule has 0 saturated carbocycles. The van der Waals surface area contributed by atoms with Gasteiger partial charge in [-0.2, -0.15) is 26.3 Å². The van der Waals surface area contributed by atoms with E-state index >= 15 is 0 Å². The van der Waals surface area contributed by atoms with E-state index in [0.29, 0.717) is 6.07 Å². The maximum Gasteiger partial charge on any atom is 0.435 e. The first-order chi connectivity index (χ1) is 12.7. The van der Waals surface area contributed by atoms with Crippen LogP contribution in [-0.4, -0.2) is 25.4 Å². The summed E-state index contributed by atoms with van der Waals surface area (Å²) in [6, 6.07) is 7.43. The minimum atomic E-state index is -6.26. The predicted molar refractivity (Wildman–Crippen MR) is 89.4 cm³/mol. The molecule has 0 N–H and O–H groups in total. The molecule has 0 aliphatic heterocycles. The van der Waals surface area contributed by atoms with Gasteiger partial charge in [-0.1, -0.05) is 18.2 Å². The highest BCUT2D eigenvalue weighted by Gasteiger charge is 2.74. The Morgan fingerprint density at radius 3 is 1.93 bits per heavy atom. The molecule has 0 aromatic heterocycles. The molecule has 0 aliphatic carbocycles. The van der Waals surface area contributed by atoms with Gasteiger partial charge in [0.15, 0.2) is 0 Å². The smallest absolute Gasteiger partial charge is 0.435 e. The molecule has 0 atom stereocenters. The van der Waals surface area contributed by atoms with Crippen molar-refractivity contribution in [1.29, 1.82) is 0 Å². The first-order valence-electron chi connectivity index (χ1n) is 7.48. The van der Waals surface area contributed by atoms with Crippen LogP contribution in [0.25, 0.3) is 11.1 Å². The molecule has 0 bridgehead atoms. The minimum absolute atomic E-state index is 0.0122. The van der Waals surface area contributed by atoms with E-state index in [0.717, 1.165) is 31.4 Å². The average Bonchev–Trinajstić information content (AvgIpc) is 2.58. The van der Waals surface area contributed by atoms with Crippen LogP contribution in [0.3, 0.4) is 0 Å². The SMILES string of the molecule is COC(=O)c1ccc(-c2c(Br)[c]c(C)cc2C(F)(C(F)(F)F)C(F)(F)F)cc1. The number of methoxy groups -OCH3 is 1. The third-order valence-corrected chi connectivity index (χ3v) is 4.50. The number of carbonyl (C=O) groups excluding carboxylic acids is 1. The van der Waals surface area contributed by atoms with E-state index in [1.807, 2.05) is 0 Å². The second-order valence-electron chi connectivity index (χ2n) is 5.78. The number of benzene rings is 2. The Labute approximate surface area is 163 Å². The molecule has 0 heterocycles. The Morgan fingerprint density at radius 2 is 1.50 bits per heavy atom. The van der Waals surface area contributed by atoms with Gasteiger partial charge in [-0.05, 0) is 46.1 Å². The standard InChI is InChI=1S/C18H11BrF7O2/c1-9-7-12(16(20,17(21,22)23)18(24,25)26)14(13(19)8-9)10-3-5-11(6-4-10)15(27)28-2/h3-7H,1-2H3. The van der Waals surface area contributed by atoms with Crippen molar-refractivity contribution < 1.29 is 40.3 Å². The van der Waals surface area contributed by atoms with Crippen molar-refractivity contribution >= 4 is 21.9 Å². The van der Waals surface area contributed by atoms with E-state index in [9.17, 15) is 35.5 Å². The van der Waals surface area contributed by atoms with Crippen LogP contribution in [0.1, 0.15) is 21.5 Å². The molecule has 10 heteroatoms. The van der Waals surface area contributed by atoms with Gasteiger partial charge in [0.2, 0.25) is 0 Å². The molecular weight excluding hydrogens is 461 g/mol. The lowest BCUT2D eigenvalue weighted by molar-refractivity contribution is -0.348. The third kappa shape index (κ3) is 3.74. The molecule has 1 radical (unpaired) electrons. The van der Waals surface area contributed by atoms with Gasteiger partial charge >= 0.3 is 24.0 Å². The monoisotopic (exact) mass is 471 g/mol. The normalized spacial score (nSPS) is 12.8. The minimum Gasteiger partial charge on any atom is -0.465 e. The highest BCUT2D eigenvalue weighted by Crippen LogP contribution is 2.56. The topological polar surface area (TPSA) is 26.3 Å². The van der Waals surface area contributed by atoms with Crippen LogP contribution in [0.15, 0.2) is 34.8 Å². The van der Waals surface area contributed by atoms with Crippen LogP contribution in [-0.2, 0) is 10.4 Å². The molecule has 2 aromatic carbocycles. The summed E-state index contributed by atoms with van der Waals surface area (Å²) in [7, 11) is 1.10. The molecule has 2 aromatic rings. The summed E-state index contributed by atoms with van der Waals surface area (Å²) < 4.78 is 98.6. The van der Waals surface area contributed by atoms with E-state index < -0.39 is 35.1 Å². The highest BCUT2D eigenvalue weighted by molar-refractivity contribution is 9.10. The summed E-state index contributed by atoms with van der Waals surface area (Å²) >= 11 is 2.87. The molecule has 2 rings (SSSR count). The summed E-state index contributed by atoms with van der Waals surface area (Å²) in [6.07, 6.45) is -12.5. The Balaban J connectivity index is 2.82. The van der Waals surface area contributed by atoms with Crippen molar-refractivity contribution in [1.82, 2.24) is 0 Å². The van der Waals surface area contributed by atoms with E-state index in [-0.39, 0.29) is 21.2 Å². The van der Waals surface area contributed by atoms with Gasteiger partial charge in [-0.15, -0.1) is 0 Å². The Hall–Kier alpha value is -2.10. The maximum absolute atomic E-state index is 14.7. The van der Waals surface area contributed by atoms with Crippen LogP contribution >= 0.6 is 15.9 Å². The molecule has 0 aliphatic rings. The van der Waals surface area contributed by atoms with Crippen molar-refractivity contribution in [3.05, 3.63) is 57.6 Å². The summed E-state index contributed by atoms with van der Waals surface area (Å²) in [5.41, 5.74) is -8.22. The molecule has 0 spiro atoms. The van der Waals surface area contributed by atoms with Crippen molar-refractivity contribution in [3.8, 4) is 11.1 Å². The first-order valence-corrected chi connectivity index (χ1v) is 8.27. The van der Waals surface area contributed by atoms with Gasteiger partial charge in [-0.3, -0.25) is 0 Å². The van der Waals surface area contributed by atoms with Crippen molar-refractivity contribution in [2.75, 3.05) is 7.11 Å². The molecule has 0 fully saturated rings. The summed E-state index contributed by atoms with van der Waals surface area (Å²) in [6.45, 7) is 1.19. The van der Waals surface area contributed by atoms with Gasteiger partial charge < -0.3 is 4.74 Å². The number of aryl methyl sites for hydroxylation is 1.